The van der Waals surface area contributed by atoms with Crippen LogP contribution in [0.5, 0.6) is 17.2 Å². The minimum atomic E-state index is -0.449. The highest BCUT2D eigenvalue weighted by atomic mass is 19.1. The number of benzene rings is 5. The average Bonchev–Trinajstić information content (AvgIpc) is 3.50. The molecule has 0 saturated heterocycles. The van der Waals surface area contributed by atoms with Crippen molar-refractivity contribution < 1.29 is 27.8 Å². The molecule has 218 valence electrons. The number of hydrogen-bond acceptors (Lipinski definition) is 5. The van der Waals surface area contributed by atoms with E-state index in [1.165, 1.54) is 29.3 Å². The topological polar surface area (TPSA) is 79.9 Å². The van der Waals surface area contributed by atoms with Crippen LogP contribution in [0, 0.1) is 11.6 Å². The van der Waals surface area contributed by atoms with Gasteiger partial charge in [0.25, 0.3) is 0 Å². The zero-order valence-electron chi connectivity index (χ0n) is 23.2. The quantitative estimate of drug-likeness (QED) is 0.149. The summed E-state index contributed by atoms with van der Waals surface area (Å²) in [4.78, 5) is 25.4. The third kappa shape index (κ3) is 6.57. The van der Waals surface area contributed by atoms with Gasteiger partial charge in [-0.1, -0.05) is 30.3 Å². The summed E-state index contributed by atoms with van der Waals surface area (Å²) < 4.78 is 38.4. The van der Waals surface area contributed by atoms with Crippen LogP contribution in [-0.4, -0.2) is 23.6 Å². The van der Waals surface area contributed by atoms with Crippen molar-refractivity contribution in [2.24, 2.45) is 0 Å². The molecule has 9 heteroatoms. The maximum Gasteiger partial charge on any atom is 0.343 e. The van der Waals surface area contributed by atoms with Crippen LogP contribution in [0.15, 0.2) is 127 Å². The number of halogens is 2. The van der Waals surface area contributed by atoms with E-state index in [4.69, 9.17) is 9.47 Å². The Morgan fingerprint density at radius 3 is 1.82 bits per heavy atom. The van der Waals surface area contributed by atoms with E-state index in [2.05, 4.69) is 10.7 Å². The SMILES string of the molecule is O=C(Oc1ccc(Oc2ccc(NC(=O)N3CC(c4ccc(F)cc4)=C(c4ccc(F)cc4)N3)cc2)cc1)c1ccccc1. The summed E-state index contributed by atoms with van der Waals surface area (Å²) in [5.41, 5.74) is 6.90. The Kier molecular flexibility index (Phi) is 8.00. The van der Waals surface area contributed by atoms with Gasteiger partial charge in [-0.25, -0.2) is 23.4 Å². The van der Waals surface area contributed by atoms with Gasteiger partial charge in [0.15, 0.2) is 0 Å². The lowest BCUT2D eigenvalue weighted by Crippen LogP contribution is -2.40. The van der Waals surface area contributed by atoms with Crippen molar-refractivity contribution >= 4 is 29.0 Å². The van der Waals surface area contributed by atoms with E-state index in [9.17, 15) is 18.4 Å². The summed E-state index contributed by atoms with van der Waals surface area (Å²) >= 11 is 0. The van der Waals surface area contributed by atoms with Gasteiger partial charge in [0.05, 0.1) is 17.8 Å². The number of ether oxygens (including phenoxy) is 2. The Morgan fingerprint density at radius 2 is 1.20 bits per heavy atom. The van der Waals surface area contributed by atoms with E-state index in [0.717, 1.165) is 11.1 Å². The van der Waals surface area contributed by atoms with E-state index in [1.807, 2.05) is 6.07 Å². The first-order chi connectivity index (χ1) is 21.4. The van der Waals surface area contributed by atoms with Crippen molar-refractivity contribution in [3.05, 3.63) is 156 Å². The van der Waals surface area contributed by atoms with Crippen molar-refractivity contribution in [3.8, 4) is 17.2 Å². The largest absolute Gasteiger partial charge is 0.457 e. The molecule has 0 bridgehead atoms. The number of hydrogen-bond donors (Lipinski definition) is 2. The van der Waals surface area contributed by atoms with Crippen LogP contribution in [0.4, 0.5) is 19.3 Å². The molecule has 5 aromatic rings. The molecule has 2 N–H and O–H groups in total. The number of nitrogens with one attached hydrogen (secondary N) is 2. The second kappa shape index (κ2) is 12.5. The first kappa shape index (κ1) is 28.2. The van der Waals surface area contributed by atoms with Crippen LogP contribution in [-0.2, 0) is 0 Å². The molecule has 1 aliphatic heterocycles. The minimum absolute atomic E-state index is 0.196. The van der Waals surface area contributed by atoms with Crippen molar-refractivity contribution in [2.45, 2.75) is 0 Å². The third-order valence-corrected chi connectivity index (χ3v) is 6.82. The smallest absolute Gasteiger partial charge is 0.343 e. The Morgan fingerprint density at radius 1 is 0.659 bits per heavy atom. The number of anilines is 1. The van der Waals surface area contributed by atoms with Gasteiger partial charge in [-0.05, 0) is 108 Å². The van der Waals surface area contributed by atoms with Crippen LogP contribution in [0.1, 0.15) is 21.5 Å². The van der Waals surface area contributed by atoms with E-state index in [1.54, 1.807) is 97.1 Å². The molecule has 0 radical (unpaired) electrons. The molecule has 0 unspecified atom stereocenters. The van der Waals surface area contributed by atoms with E-state index in [0.29, 0.717) is 39.8 Å². The summed E-state index contributed by atoms with van der Waals surface area (Å²) in [5.74, 6) is 0.270. The van der Waals surface area contributed by atoms with Crippen molar-refractivity contribution in [1.82, 2.24) is 10.4 Å². The number of urea groups is 1. The molecule has 0 atom stereocenters. The summed E-state index contributed by atoms with van der Waals surface area (Å²) in [6.07, 6.45) is 0. The Labute approximate surface area is 251 Å². The van der Waals surface area contributed by atoms with E-state index in [-0.39, 0.29) is 18.2 Å². The number of nitrogens with zero attached hydrogens (tertiary/aromatic N) is 1. The van der Waals surface area contributed by atoms with E-state index < -0.39 is 12.0 Å². The first-order valence-electron chi connectivity index (χ1n) is 13.7. The maximum absolute atomic E-state index is 13.6. The lowest BCUT2D eigenvalue weighted by Gasteiger charge is -2.19. The molecule has 0 aromatic heterocycles. The second-order valence-electron chi connectivity index (χ2n) is 9.85. The van der Waals surface area contributed by atoms with Crippen molar-refractivity contribution in [1.29, 1.82) is 0 Å². The number of esters is 1. The molecular formula is C35H25F2N3O4. The van der Waals surface area contributed by atoms with Gasteiger partial charge < -0.3 is 14.8 Å². The highest BCUT2D eigenvalue weighted by Crippen LogP contribution is 2.31. The van der Waals surface area contributed by atoms with Crippen LogP contribution in [0.3, 0.4) is 0 Å². The highest BCUT2D eigenvalue weighted by Gasteiger charge is 2.27. The van der Waals surface area contributed by atoms with Gasteiger partial charge in [-0.2, -0.15) is 0 Å². The van der Waals surface area contributed by atoms with Gasteiger partial charge in [0.2, 0.25) is 0 Å². The summed E-state index contributed by atoms with van der Waals surface area (Å²) in [6.45, 7) is 0.196. The first-order valence-corrected chi connectivity index (χ1v) is 13.7. The number of amides is 2. The van der Waals surface area contributed by atoms with Gasteiger partial charge in [0, 0.05) is 11.3 Å². The molecule has 44 heavy (non-hydrogen) atoms. The van der Waals surface area contributed by atoms with E-state index >= 15 is 0 Å². The molecule has 0 aliphatic carbocycles. The minimum Gasteiger partial charge on any atom is -0.457 e. The zero-order chi connectivity index (χ0) is 30.5. The Balaban J connectivity index is 1.08. The molecule has 1 aliphatic rings. The predicted molar refractivity (Wildman–Crippen MR) is 163 cm³/mol. The van der Waals surface area contributed by atoms with Crippen molar-refractivity contribution in [3.63, 3.8) is 0 Å². The van der Waals surface area contributed by atoms with Crippen LogP contribution in [0.25, 0.3) is 11.3 Å². The fourth-order valence-corrected chi connectivity index (χ4v) is 4.59. The molecule has 0 fully saturated rings. The van der Waals surface area contributed by atoms with Crippen LogP contribution in [0.2, 0.25) is 0 Å². The highest BCUT2D eigenvalue weighted by molar-refractivity contribution is 5.98. The molecule has 2 amide bonds. The Bertz CT molecular complexity index is 1750. The number of carbonyl (C=O) groups excluding carboxylic acids is 2. The fraction of sp³-hybridized carbons (Fsp3) is 0.0286. The number of carbonyl (C=O) groups is 2. The fourth-order valence-electron chi connectivity index (χ4n) is 4.59. The third-order valence-electron chi connectivity index (χ3n) is 6.82. The van der Waals surface area contributed by atoms with Gasteiger partial charge in [-0.3, -0.25) is 5.43 Å². The lowest BCUT2D eigenvalue weighted by atomic mass is 10.0. The molecular weight excluding hydrogens is 564 g/mol. The molecule has 0 spiro atoms. The molecule has 1 heterocycles. The summed E-state index contributed by atoms with van der Waals surface area (Å²) in [5, 5.41) is 4.25. The number of rotatable bonds is 7. The average molecular weight is 590 g/mol. The summed E-state index contributed by atoms with van der Waals surface area (Å²) in [7, 11) is 0. The lowest BCUT2D eigenvalue weighted by molar-refractivity contribution is 0.0734. The van der Waals surface area contributed by atoms with Crippen molar-refractivity contribution in [2.75, 3.05) is 11.9 Å². The second-order valence-corrected chi connectivity index (χ2v) is 9.85. The summed E-state index contributed by atoms with van der Waals surface area (Å²) in [6, 6.07) is 33.7. The van der Waals surface area contributed by atoms with Gasteiger partial charge in [0.1, 0.15) is 28.9 Å². The Hall–Kier alpha value is -5.96. The molecule has 0 saturated carbocycles. The van der Waals surface area contributed by atoms with Gasteiger partial charge in [-0.15, -0.1) is 0 Å². The van der Waals surface area contributed by atoms with Gasteiger partial charge >= 0.3 is 12.0 Å². The van der Waals surface area contributed by atoms with Crippen LogP contribution < -0.4 is 20.2 Å². The standard InChI is InChI=1S/C35H25F2N3O4/c36-26-10-6-23(7-11-26)32-22-40(39-33(32)24-8-12-27(37)13-9-24)35(42)38-28-14-16-29(17-15-28)43-30-18-20-31(21-19-30)44-34(41)25-4-2-1-3-5-25/h1-21,39H,22H2,(H,38,42). The molecule has 5 aromatic carbocycles. The van der Waals surface area contributed by atoms with Crippen LogP contribution >= 0.6 is 0 Å². The number of hydrazine groups is 1. The normalized spacial score (nSPS) is 12.5. The zero-order valence-corrected chi connectivity index (χ0v) is 23.2. The molecule has 6 rings (SSSR count). The monoisotopic (exact) mass is 589 g/mol. The predicted octanol–water partition coefficient (Wildman–Crippen LogP) is 7.90. The maximum atomic E-state index is 13.6. The molecule has 7 nitrogen and oxygen atoms in total.